The summed E-state index contributed by atoms with van der Waals surface area (Å²) >= 11 is 0. The Balaban J connectivity index is 2.60. The van der Waals surface area contributed by atoms with Crippen molar-refractivity contribution in [2.75, 3.05) is 0 Å². The number of carboxylic acids is 1. The molecule has 1 atom stereocenters. The molecule has 2 N–H and O–H groups in total. The van der Waals surface area contributed by atoms with Crippen molar-refractivity contribution >= 4 is 17.6 Å². The van der Waals surface area contributed by atoms with Gasteiger partial charge in [-0.1, -0.05) is 13.8 Å². The Morgan fingerprint density at radius 2 is 2.18 bits per heavy atom. The highest BCUT2D eigenvalue weighted by molar-refractivity contribution is 5.78. The maximum absolute atomic E-state index is 12.0. The van der Waals surface area contributed by atoms with Crippen molar-refractivity contribution in [2.45, 2.75) is 45.7 Å². The van der Waals surface area contributed by atoms with Gasteiger partial charge in [0.2, 0.25) is 5.91 Å². The highest BCUT2D eigenvalue weighted by Crippen LogP contribution is 2.21. The van der Waals surface area contributed by atoms with E-state index in [4.69, 9.17) is 5.11 Å². The number of amides is 1. The van der Waals surface area contributed by atoms with Gasteiger partial charge in [0.25, 0.3) is 0 Å². The zero-order valence-electron chi connectivity index (χ0n) is 12.8. The van der Waals surface area contributed by atoms with Gasteiger partial charge in [-0.3, -0.25) is 24.4 Å². The Morgan fingerprint density at radius 3 is 2.64 bits per heavy atom. The smallest absolute Gasteiger partial charge is 0.306 e. The topological polar surface area (TPSA) is 127 Å². The molecule has 0 saturated carbocycles. The number of nitro groups is 1. The van der Waals surface area contributed by atoms with Crippen molar-refractivity contribution in [2.24, 2.45) is 5.92 Å². The third-order valence-corrected chi connectivity index (χ3v) is 3.62. The first kappa shape index (κ1) is 17.6. The molecule has 0 aliphatic carbocycles. The molecule has 1 aromatic heterocycles. The van der Waals surface area contributed by atoms with Gasteiger partial charge < -0.3 is 10.4 Å². The van der Waals surface area contributed by atoms with Crippen LogP contribution in [0.15, 0.2) is 12.4 Å². The molecule has 0 aromatic carbocycles. The summed E-state index contributed by atoms with van der Waals surface area (Å²) in [5, 5.41) is 26.0. The minimum Gasteiger partial charge on any atom is -0.481 e. The summed E-state index contributed by atoms with van der Waals surface area (Å²) in [5.74, 6) is -1.37. The Kier molecular flexibility index (Phi) is 5.61. The van der Waals surface area contributed by atoms with Crippen LogP contribution in [-0.2, 0) is 16.1 Å². The highest BCUT2D eigenvalue weighted by atomic mass is 16.6. The maximum Gasteiger partial charge on any atom is 0.306 e. The second-order valence-corrected chi connectivity index (χ2v) is 5.66. The Labute approximate surface area is 127 Å². The molecule has 0 bridgehead atoms. The van der Waals surface area contributed by atoms with E-state index < -0.39 is 16.4 Å². The normalized spacial score (nSPS) is 13.6. The standard InChI is InChI=1S/C13H20N4O5/c1-9(2)13(3,6-12(19)20)15-11(18)4-5-16-8-10(7-14-16)17(21)22/h7-9H,4-6H2,1-3H3,(H,15,18)(H,19,20). The van der Waals surface area contributed by atoms with Gasteiger partial charge in [-0.05, 0) is 12.8 Å². The fourth-order valence-electron chi connectivity index (χ4n) is 1.87. The van der Waals surface area contributed by atoms with E-state index in [-0.39, 0.29) is 36.9 Å². The first-order valence-corrected chi connectivity index (χ1v) is 6.83. The molecule has 0 spiro atoms. The maximum atomic E-state index is 12.0. The number of aromatic nitrogens is 2. The van der Waals surface area contributed by atoms with Crippen molar-refractivity contribution in [1.29, 1.82) is 0 Å². The van der Waals surface area contributed by atoms with Crippen molar-refractivity contribution in [1.82, 2.24) is 15.1 Å². The number of aliphatic carboxylic acids is 1. The van der Waals surface area contributed by atoms with Crippen LogP contribution in [-0.4, -0.2) is 37.2 Å². The number of nitrogens with zero attached hydrogens (tertiary/aromatic N) is 3. The van der Waals surface area contributed by atoms with Gasteiger partial charge in [0.05, 0.1) is 11.3 Å². The molecule has 9 nitrogen and oxygen atoms in total. The quantitative estimate of drug-likeness (QED) is 0.548. The van der Waals surface area contributed by atoms with Crippen LogP contribution < -0.4 is 5.32 Å². The lowest BCUT2D eigenvalue weighted by Crippen LogP contribution is -2.51. The molecule has 1 amide bonds. The second kappa shape index (κ2) is 7.01. The number of carbonyl (C=O) groups excluding carboxylic acids is 1. The zero-order chi connectivity index (χ0) is 16.9. The minimum absolute atomic E-state index is 0.0563. The van der Waals surface area contributed by atoms with Gasteiger partial charge in [0, 0.05) is 18.5 Å². The zero-order valence-corrected chi connectivity index (χ0v) is 12.8. The fourth-order valence-corrected chi connectivity index (χ4v) is 1.87. The van der Waals surface area contributed by atoms with Gasteiger partial charge in [-0.2, -0.15) is 5.10 Å². The van der Waals surface area contributed by atoms with E-state index in [0.29, 0.717) is 0 Å². The van der Waals surface area contributed by atoms with Crippen molar-refractivity contribution in [3.8, 4) is 0 Å². The van der Waals surface area contributed by atoms with Crippen molar-refractivity contribution < 1.29 is 19.6 Å². The summed E-state index contributed by atoms with van der Waals surface area (Å²) in [4.78, 5) is 32.9. The molecular weight excluding hydrogens is 292 g/mol. The molecule has 22 heavy (non-hydrogen) atoms. The van der Waals surface area contributed by atoms with Crippen LogP contribution in [0.5, 0.6) is 0 Å². The lowest BCUT2D eigenvalue weighted by Gasteiger charge is -2.33. The van der Waals surface area contributed by atoms with E-state index in [0.717, 1.165) is 6.20 Å². The summed E-state index contributed by atoms with van der Waals surface area (Å²) < 4.78 is 1.31. The van der Waals surface area contributed by atoms with E-state index in [1.165, 1.54) is 10.9 Å². The third-order valence-electron chi connectivity index (χ3n) is 3.62. The van der Waals surface area contributed by atoms with Crippen molar-refractivity contribution in [3.63, 3.8) is 0 Å². The van der Waals surface area contributed by atoms with E-state index in [1.807, 2.05) is 13.8 Å². The molecule has 0 aliphatic rings. The summed E-state index contributed by atoms with van der Waals surface area (Å²) in [6.07, 6.45) is 2.23. The van der Waals surface area contributed by atoms with Crippen LogP contribution in [0.3, 0.4) is 0 Å². The van der Waals surface area contributed by atoms with Crippen LogP contribution in [0.1, 0.15) is 33.6 Å². The molecule has 1 rings (SSSR count). The molecule has 9 heteroatoms. The van der Waals surface area contributed by atoms with Gasteiger partial charge in [-0.15, -0.1) is 0 Å². The minimum atomic E-state index is -0.987. The Bertz CT molecular complexity index is 569. The van der Waals surface area contributed by atoms with Gasteiger partial charge in [0.1, 0.15) is 12.4 Å². The second-order valence-electron chi connectivity index (χ2n) is 5.66. The number of carboxylic acid groups (broad SMARTS) is 1. The number of rotatable bonds is 8. The molecule has 0 aliphatic heterocycles. The van der Waals surface area contributed by atoms with Crippen LogP contribution in [0.25, 0.3) is 0 Å². The first-order chi connectivity index (χ1) is 10.1. The summed E-state index contributed by atoms with van der Waals surface area (Å²) in [5.41, 5.74) is -0.989. The van der Waals surface area contributed by atoms with Crippen LogP contribution in [0.4, 0.5) is 5.69 Å². The number of carbonyl (C=O) groups is 2. The van der Waals surface area contributed by atoms with Crippen LogP contribution in [0.2, 0.25) is 0 Å². The predicted octanol–water partition coefficient (Wildman–Crippen LogP) is 1.19. The number of hydrogen-bond acceptors (Lipinski definition) is 5. The molecular formula is C13H20N4O5. The first-order valence-electron chi connectivity index (χ1n) is 6.83. The average molecular weight is 312 g/mol. The van der Waals surface area contributed by atoms with E-state index in [9.17, 15) is 19.7 Å². The Morgan fingerprint density at radius 1 is 1.55 bits per heavy atom. The molecule has 122 valence electrons. The van der Waals surface area contributed by atoms with Crippen molar-refractivity contribution in [3.05, 3.63) is 22.5 Å². The molecule has 1 heterocycles. The number of hydrogen-bond donors (Lipinski definition) is 2. The van der Waals surface area contributed by atoms with E-state index in [2.05, 4.69) is 10.4 Å². The van der Waals surface area contributed by atoms with E-state index in [1.54, 1.807) is 6.92 Å². The lowest BCUT2D eigenvalue weighted by molar-refractivity contribution is -0.385. The average Bonchev–Trinajstić information content (AvgIpc) is 2.84. The molecule has 1 aromatic rings. The monoisotopic (exact) mass is 312 g/mol. The van der Waals surface area contributed by atoms with Crippen LogP contribution >= 0.6 is 0 Å². The predicted molar refractivity (Wildman–Crippen MR) is 77.1 cm³/mol. The Hall–Kier alpha value is -2.45. The molecule has 1 unspecified atom stereocenters. The largest absolute Gasteiger partial charge is 0.481 e. The molecule has 0 saturated heterocycles. The summed E-state index contributed by atoms with van der Waals surface area (Å²) in [6, 6.07) is 0. The van der Waals surface area contributed by atoms with Crippen LogP contribution in [0, 0.1) is 16.0 Å². The summed E-state index contributed by atoms with van der Waals surface area (Å²) in [7, 11) is 0. The fraction of sp³-hybridized carbons (Fsp3) is 0.615. The number of nitrogens with one attached hydrogen (secondary N) is 1. The number of aryl methyl sites for hydroxylation is 1. The highest BCUT2D eigenvalue weighted by Gasteiger charge is 2.32. The van der Waals surface area contributed by atoms with Gasteiger partial charge >= 0.3 is 11.7 Å². The lowest BCUT2D eigenvalue weighted by atomic mass is 9.85. The molecule has 0 radical (unpaired) electrons. The third kappa shape index (κ3) is 4.83. The van der Waals surface area contributed by atoms with Gasteiger partial charge in [0.15, 0.2) is 0 Å². The van der Waals surface area contributed by atoms with E-state index >= 15 is 0 Å². The molecule has 0 fully saturated rings. The SMILES string of the molecule is CC(C)C(C)(CC(=O)O)NC(=O)CCn1cc([N+](=O)[O-])cn1. The van der Waals surface area contributed by atoms with Gasteiger partial charge in [-0.25, -0.2) is 0 Å². The summed E-state index contributed by atoms with van der Waals surface area (Å²) in [6.45, 7) is 5.53.